The second-order valence-electron chi connectivity index (χ2n) is 7.03. The molecule has 0 bridgehead atoms. The van der Waals surface area contributed by atoms with Crippen molar-refractivity contribution in [3.05, 3.63) is 65.3 Å². The Morgan fingerprint density at radius 3 is 2.32 bits per heavy atom. The largest absolute Gasteiger partial charge is 0.464 e. The Morgan fingerprint density at radius 1 is 1.26 bits per heavy atom. The minimum absolute atomic E-state index is 0.122. The van der Waals surface area contributed by atoms with Crippen LogP contribution in [0, 0.1) is 19.7 Å². The molecule has 0 aliphatic heterocycles. The number of ether oxygens (including phenoxy) is 1. The number of hydrogen-bond acceptors (Lipinski definition) is 5. The zero-order valence-electron chi connectivity index (χ0n) is 18.3. The highest BCUT2D eigenvalue weighted by Crippen LogP contribution is 2.27. The summed E-state index contributed by atoms with van der Waals surface area (Å²) < 4.78 is 47.2. The number of benzene rings is 1. The van der Waals surface area contributed by atoms with E-state index in [9.17, 15) is 22.4 Å². The first kappa shape index (κ1) is 24.5. The van der Waals surface area contributed by atoms with Crippen molar-refractivity contribution in [3.63, 3.8) is 0 Å². The van der Waals surface area contributed by atoms with Gasteiger partial charge in [0.2, 0.25) is 10.0 Å². The molecule has 1 aromatic carbocycles. The van der Waals surface area contributed by atoms with Crippen LogP contribution in [0.2, 0.25) is 0 Å². The molecule has 0 amide bonds. The van der Waals surface area contributed by atoms with Gasteiger partial charge in [-0.15, -0.1) is 6.58 Å². The van der Waals surface area contributed by atoms with E-state index in [0.29, 0.717) is 17.8 Å². The number of carbonyl (C=O) groups is 2. The second kappa shape index (κ2) is 9.57. The van der Waals surface area contributed by atoms with E-state index >= 15 is 0 Å². The van der Waals surface area contributed by atoms with Crippen LogP contribution >= 0.6 is 0 Å². The van der Waals surface area contributed by atoms with E-state index in [1.807, 2.05) is 6.92 Å². The van der Waals surface area contributed by atoms with Crippen LogP contribution in [0.3, 0.4) is 0 Å². The highest BCUT2D eigenvalue weighted by atomic mass is 32.2. The molecule has 31 heavy (non-hydrogen) atoms. The van der Waals surface area contributed by atoms with Gasteiger partial charge in [-0.2, -0.15) is 4.31 Å². The average Bonchev–Trinajstić information content (AvgIpc) is 2.99. The van der Waals surface area contributed by atoms with Gasteiger partial charge in [0.1, 0.15) is 11.5 Å². The number of methoxy groups -OCH3 is 1. The number of nitrogens with zero attached hydrogens (tertiary/aromatic N) is 2. The molecule has 0 unspecified atom stereocenters. The second-order valence-corrected chi connectivity index (χ2v) is 8.92. The smallest absolute Gasteiger partial charge is 0.354 e. The number of halogens is 1. The number of carbonyl (C=O) groups excluding carboxylic acids is 2. The average molecular weight is 451 g/mol. The summed E-state index contributed by atoms with van der Waals surface area (Å²) in [5.41, 5.74) is 1.52. The van der Waals surface area contributed by atoms with Gasteiger partial charge in [0.05, 0.1) is 18.0 Å². The minimum Gasteiger partial charge on any atom is -0.464 e. The molecule has 1 aromatic heterocycles. The summed E-state index contributed by atoms with van der Waals surface area (Å²) in [5.74, 6) is -1.60. The summed E-state index contributed by atoms with van der Waals surface area (Å²) >= 11 is 0. The molecule has 0 saturated carbocycles. The van der Waals surface area contributed by atoms with Crippen LogP contribution in [0.5, 0.6) is 0 Å². The first-order valence-electron chi connectivity index (χ1n) is 9.73. The van der Waals surface area contributed by atoms with E-state index in [1.165, 1.54) is 20.1 Å². The molecule has 7 nitrogen and oxygen atoms in total. The van der Waals surface area contributed by atoms with Gasteiger partial charge in [-0.05, 0) is 57.5 Å². The molecule has 0 spiro atoms. The maximum atomic E-state index is 13.5. The molecule has 2 aromatic rings. The van der Waals surface area contributed by atoms with E-state index < -0.39 is 33.6 Å². The molecule has 0 aliphatic carbocycles. The van der Waals surface area contributed by atoms with Crippen LogP contribution in [0.25, 0.3) is 0 Å². The maximum Gasteiger partial charge on any atom is 0.354 e. The molecule has 0 saturated heterocycles. The van der Waals surface area contributed by atoms with Gasteiger partial charge in [-0.25, -0.2) is 17.6 Å². The maximum absolute atomic E-state index is 13.5. The SMILES string of the molecule is C=CCN([C@H](C)C(=O)c1c(C)c(C(=O)OC)n(CC)c1C)S(=O)(=O)c1ccc(F)cc1. The zero-order valence-corrected chi connectivity index (χ0v) is 19.1. The van der Waals surface area contributed by atoms with Gasteiger partial charge >= 0.3 is 5.97 Å². The van der Waals surface area contributed by atoms with E-state index in [1.54, 1.807) is 18.4 Å². The van der Waals surface area contributed by atoms with Crippen LogP contribution in [0.4, 0.5) is 4.39 Å². The van der Waals surface area contributed by atoms with Crippen molar-refractivity contribution >= 4 is 21.8 Å². The zero-order chi connectivity index (χ0) is 23.5. The number of rotatable bonds is 9. The molecule has 1 atom stereocenters. The lowest BCUT2D eigenvalue weighted by molar-refractivity contribution is 0.0587. The summed E-state index contributed by atoms with van der Waals surface area (Å²) in [6, 6.07) is 3.30. The molecular weight excluding hydrogens is 423 g/mol. The predicted molar refractivity (Wildman–Crippen MR) is 115 cm³/mol. The quantitative estimate of drug-likeness (QED) is 0.332. The van der Waals surface area contributed by atoms with Gasteiger partial charge in [-0.3, -0.25) is 4.79 Å². The van der Waals surface area contributed by atoms with Crippen molar-refractivity contribution in [1.29, 1.82) is 0 Å². The molecule has 168 valence electrons. The normalized spacial score (nSPS) is 12.6. The Hall–Kier alpha value is -2.78. The lowest BCUT2D eigenvalue weighted by Gasteiger charge is -2.26. The summed E-state index contributed by atoms with van der Waals surface area (Å²) in [6.07, 6.45) is 1.38. The number of Topliss-reactive ketones (excluding diaryl/α,β-unsaturated/α-hetero) is 1. The van der Waals surface area contributed by atoms with Gasteiger partial charge in [0.25, 0.3) is 0 Å². The Morgan fingerprint density at radius 2 is 1.84 bits per heavy atom. The molecule has 0 aliphatic rings. The molecular formula is C22H27FN2O5S. The monoisotopic (exact) mass is 450 g/mol. The van der Waals surface area contributed by atoms with Gasteiger partial charge in [0, 0.05) is 24.3 Å². The van der Waals surface area contributed by atoms with Crippen LogP contribution in [0.15, 0.2) is 41.8 Å². The molecule has 2 rings (SSSR count). The van der Waals surface area contributed by atoms with Crippen molar-refractivity contribution in [2.75, 3.05) is 13.7 Å². The molecule has 9 heteroatoms. The first-order chi connectivity index (χ1) is 14.5. The number of hydrogen-bond donors (Lipinski definition) is 0. The molecule has 0 N–H and O–H groups in total. The van der Waals surface area contributed by atoms with E-state index in [0.717, 1.165) is 28.6 Å². The van der Waals surface area contributed by atoms with E-state index in [4.69, 9.17) is 4.74 Å². The highest BCUT2D eigenvalue weighted by Gasteiger charge is 2.36. The molecule has 0 fully saturated rings. The van der Waals surface area contributed by atoms with E-state index in [2.05, 4.69) is 6.58 Å². The van der Waals surface area contributed by atoms with Crippen molar-refractivity contribution in [3.8, 4) is 0 Å². The van der Waals surface area contributed by atoms with Crippen LogP contribution in [-0.2, 0) is 21.3 Å². The Labute approximate surface area is 182 Å². The van der Waals surface area contributed by atoms with E-state index in [-0.39, 0.29) is 22.7 Å². The minimum atomic E-state index is -4.11. The highest BCUT2D eigenvalue weighted by molar-refractivity contribution is 7.89. The summed E-state index contributed by atoms with van der Waals surface area (Å²) in [6.45, 7) is 10.6. The number of esters is 1. The number of sulfonamides is 1. The van der Waals surface area contributed by atoms with Crippen molar-refractivity contribution in [2.24, 2.45) is 0 Å². The third kappa shape index (κ3) is 4.47. The lowest BCUT2D eigenvalue weighted by Crippen LogP contribution is -2.43. The Bertz CT molecular complexity index is 1100. The van der Waals surface area contributed by atoms with Crippen LogP contribution in [-0.4, -0.2) is 48.7 Å². The van der Waals surface area contributed by atoms with Gasteiger partial charge < -0.3 is 9.30 Å². The van der Waals surface area contributed by atoms with Crippen molar-refractivity contribution < 1.29 is 27.1 Å². The van der Waals surface area contributed by atoms with Crippen LogP contribution in [0.1, 0.15) is 46.0 Å². The third-order valence-electron chi connectivity index (χ3n) is 5.25. The Balaban J connectivity index is 2.57. The van der Waals surface area contributed by atoms with Gasteiger partial charge in [-0.1, -0.05) is 6.08 Å². The van der Waals surface area contributed by atoms with Crippen molar-refractivity contribution in [1.82, 2.24) is 8.87 Å². The summed E-state index contributed by atoms with van der Waals surface area (Å²) in [4.78, 5) is 25.6. The van der Waals surface area contributed by atoms with Crippen molar-refractivity contribution in [2.45, 2.75) is 45.2 Å². The summed E-state index contributed by atoms with van der Waals surface area (Å²) in [5, 5.41) is 0. The topological polar surface area (TPSA) is 85.7 Å². The molecule has 1 heterocycles. The van der Waals surface area contributed by atoms with Gasteiger partial charge in [0.15, 0.2) is 5.78 Å². The first-order valence-corrected chi connectivity index (χ1v) is 11.2. The third-order valence-corrected chi connectivity index (χ3v) is 7.20. The Kier molecular flexibility index (Phi) is 7.56. The van der Waals surface area contributed by atoms with Crippen LogP contribution < -0.4 is 0 Å². The standard InChI is InChI=1S/C22H27FN2O5S/c1-7-13-25(31(28,29)18-11-9-17(23)10-12-18)16(5)21(26)19-14(3)20(22(27)30-6)24(8-2)15(19)4/h7,9-12,16H,1,8,13H2,2-6H3/t16-/m1/s1. The predicted octanol–water partition coefficient (Wildman–Crippen LogP) is 3.50. The fourth-order valence-electron chi connectivity index (χ4n) is 3.69. The lowest BCUT2D eigenvalue weighted by atomic mass is 10.0. The summed E-state index contributed by atoms with van der Waals surface area (Å²) in [7, 11) is -2.85. The fraction of sp³-hybridized carbons (Fsp3) is 0.364. The number of aromatic nitrogens is 1. The molecule has 0 radical (unpaired) electrons. The fourth-order valence-corrected chi connectivity index (χ4v) is 5.25. The number of ketones is 1.